The summed E-state index contributed by atoms with van der Waals surface area (Å²) in [6, 6.07) is 14.4. The van der Waals surface area contributed by atoms with E-state index >= 15 is 8.78 Å². The number of aromatic nitrogens is 6. The highest BCUT2D eigenvalue weighted by molar-refractivity contribution is 7.22. The van der Waals surface area contributed by atoms with Gasteiger partial charge in [0.05, 0.1) is 33.0 Å². The van der Waals surface area contributed by atoms with Crippen LogP contribution in [0.15, 0.2) is 66.7 Å². The largest absolute Gasteiger partial charge is 0.435 e. The third-order valence-corrected chi connectivity index (χ3v) is 12.9. The quantitative estimate of drug-likeness (QED) is 0.103. The van der Waals surface area contributed by atoms with E-state index in [0.29, 0.717) is 46.8 Å². The number of H-pyrrole nitrogens is 1. The third-order valence-electron chi connectivity index (χ3n) is 11.8. The van der Waals surface area contributed by atoms with Gasteiger partial charge in [-0.05, 0) is 79.3 Å². The normalized spacial score (nSPS) is 18.5. The molecule has 0 bridgehead atoms. The molecule has 4 aromatic heterocycles. The zero-order valence-electron chi connectivity index (χ0n) is 32.9. The van der Waals surface area contributed by atoms with Gasteiger partial charge in [0.2, 0.25) is 11.9 Å². The molecule has 1 aliphatic heterocycles. The molecule has 5 heterocycles. The number of aromatic amines is 1. The van der Waals surface area contributed by atoms with E-state index in [1.54, 1.807) is 6.07 Å². The minimum absolute atomic E-state index is 0.0291. The Morgan fingerprint density at radius 3 is 2.38 bits per heavy atom. The number of Topliss-reactive ketones (excluding diaryl/α,β-unsaturated/α-hetero) is 1. The SMILES string of the molecule is CC(=O)c1cc(-c2cc3sc(N4CCN(c5nc6ccccc6[nH]5)CC4)nc3nc2[C@H](Cc2cc(F)cc(F)c2)NC(=O)Cn2nc(C(F)(F)F)c3c2C(F)(F)[C@@H]2C[C@H]32)ccc1F. The third kappa shape index (κ3) is 7.32. The van der Waals surface area contributed by atoms with Gasteiger partial charge in [-0.2, -0.15) is 32.0 Å². The monoisotopic (exact) mass is 891 g/mol. The van der Waals surface area contributed by atoms with Crippen LogP contribution in [0.5, 0.6) is 0 Å². The number of benzene rings is 3. The molecule has 1 saturated heterocycles. The molecule has 3 aromatic carbocycles. The number of imidazole rings is 1. The first-order chi connectivity index (χ1) is 30.0. The molecule has 7 aromatic rings. The summed E-state index contributed by atoms with van der Waals surface area (Å²) in [4.78, 5) is 48.4. The average molecular weight is 892 g/mol. The number of fused-ring (bicyclic) bond motifs is 5. The molecule has 3 aliphatic rings. The number of hydrogen-bond acceptors (Lipinski definition) is 9. The molecule has 324 valence electrons. The number of thiazole rings is 1. The number of carbonyl (C=O) groups is 2. The van der Waals surface area contributed by atoms with Gasteiger partial charge in [0.1, 0.15) is 29.7 Å². The number of amides is 1. The van der Waals surface area contributed by atoms with Crippen molar-refractivity contribution in [3.8, 4) is 11.1 Å². The number of rotatable bonds is 10. The van der Waals surface area contributed by atoms with Gasteiger partial charge in [-0.15, -0.1) is 0 Å². The lowest BCUT2D eigenvalue weighted by Gasteiger charge is -2.34. The standard InChI is InChI=1S/C43H33F8N9O2S/c1-20(61)25-15-22(6-7-29(25)46)26-18-33-39(56-41(63-33)59-10-8-58(9-11-59)40-53-30-4-2-3-5-31(30)54-40)55-36(26)32(14-21-12-23(44)16-24(45)13-21)52-34(62)19-60-38-35(37(57-60)43(49,50)51)27-17-28(27)42(38,47)48/h2-7,12-13,15-16,18,27-28,32H,8-11,14,17,19H2,1H3,(H,52,62)(H,53,54)/t27-,28+,32-/m0/s1. The van der Waals surface area contributed by atoms with Gasteiger partial charge in [-0.25, -0.2) is 23.1 Å². The van der Waals surface area contributed by atoms with Gasteiger partial charge in [0, 0.05) is 49.3 Å². The zero-order chi connectivity index (χ0) is 44.1. The Balaban J connectivity index is 1.03. The summed E-state index contributed by atoms with van der Waals surface area (Å²) in [7, 11) is 0. The Morgan fingerprint density at radius 1 is 0.937 bits per heavy atom. The van der Waals surface area contributed by atoms with Crippen LogP contribution in [0.4, 0.5) is 46.2 Å². The Labute approximate surface area is 355 Å². The molecule has 20 heteroatoms. The number of piperazine rings is 1. The maximum atomic E-state index is 15.4. The lowest BCUT2D eigenvalue weighted by Crippen LogP contribution is -2.46. The summed E-state index contributed by atoms with van der Waals surface area (Å²) in [6.07, 6.45) is -5.57. The molecule has 0 unspecified atom stereocenters. The Hall–Kier alpha value is -6.44. The summed E-state index contributed by atoms with van der Waals surface area (Å²) < 4.78 is 118. The van der Waals surface area contributed by atoms with E-state index in [1.807, 2.05) is 24.3 Å². The number of hydrogen-bond donors (Lipinski definition) is 2. The van der Waals surface area contributed by atoms with E-state index < -0.39 is 82.6 Å². The molecular weight excluding hydrogens is 859 g/mol. The summed E-state index contributed by atoms with van der Waals surface area (Å²) in [5.41, 5.74) is -0.822. The zero-order valence-corrected chi connectivity index (χ0v) is 33.7. The molecule has 10 rings (SSSR count). The molecule has 2 fully saturated rings. The number of carbonyl (C=O) groups excluding carboxylic acids is 2. The van der Waals surface area contributed by atoms with E-state index in [-0.39, 0.29) is 46.4 Å². The average Bonchev–Trinajstić information content (AvgIpc) is 3.47. The van der Waals surface area contributed by atoms with Crippen molar-refractivity contribution < 1.29 is 44.7 Å². The number of nitrogens with one attached hydrogen (secondary N) is 2. The minimum atomic E-state index is -5.07. The first-order valence-electron chi connectivity index (χ1n) is 19.9. The van der Waals surface area contributed by atoms with Crippen molar-refractivity contribution in [1.82, 2.24) is 35.0 Å². The van der Waals surface area contributed by atoms with Crippen LogP contribution in [0.2, 0.25) is 0 Å². The van der Waals surface area contributed by atoms with Crippen LogP contribution in [0, 0.1) is 23.4 Å². The highest BCUT2D eigenvalue weighted by Crippen LogP contribution is 2.68. The van der Waals surface area contributed by atoms with E-state index in [2.05, 4.69) is 25.2 Å². The van der Waals surface area contributed by atoms with Gasteiger partial charge < -0.3 is 20.1 Å². The number of nitrogens with zero attached hydrogens (tertiary/aromatic N) is 7. The second-order valence-electron chi connectivity index (χ2n) is 16.0. The van der Waals surface area contributed by atoms with Crippen molar-refractivity contribution in [2.75, 3.05) is 36.0 Å². The van der Waals surface area contributed by atoms with Gasteiger partial charge in [0.25, 0.3) is 5.92 Å². The van der Waals surface area contributed by atoms with Crippen LogP contribution in [0.3, 0.4) is 0 Å². The van der Waals surface area contributed by atoms with Gasteiger partial charge in [-0.1, -0.05) is 29.5 Å². The van der Waals surface area contributed by atoms with E-state index in [0.717, 1.165) is 35.2 Å². The molecule has 0 radical (unpaired) electrons. The van der Waals surface area contributed by atoms with Crippen LogP contribution in [0.1, 0.15) is 63.9 Å². The van der Waals surface area contributed by atoms with Gasteiger partial charge in [-0.3, -0.25) is 14.3 Å². The van der Waals surface area contributed by atoms with Crippen molar-refractivity contribution in [1.29, 1.82) is 0 Å². The number of ketones is 1. The number of halogens is 8. The fraction of sp³-hybridized carbons (Fsp3) is 0.302. The Morgan fingerprint density at radius 2 is 1.67 bits per heavy atom. The molecular formula is C43H33F8N9O2S. The first-order valence-corrected chi connectivity index (χ1v) is 20.7. The van der Waals surface area contributed by atoms with Crippen LogP contribution in [-0.2, 0) is 29.9 Å². The molecule has 63 heavy (non-hydrogen) atoms. The topological polar surface area (TPSA) is 125 Å². The van der Waals surface area contributed by atoms with Crippen LogP contribution in [-0.4, -0.2) is 67.6 Å². The molecule has 3 atom stereocenters. The lowest BCUT2D eigenvalue weighted by atomic mass is 9.94. The highest BCUT2D eigenvalue weighted by Gasteiger charge is 2.68. The molecule has 2 N–H and O–H groups in total. The summed E-state index contributed by atoms with van der Waals surface area (Å²) in [6.45, 7) is 2.41. The Bertz CT molecular complexity index is 2940. The summed E-state index contributed by atoms with van der Waals surface area (Å²) >= 11 is 1.30. The number of alkyl halides is 5. The molecule has 2 aliphatic carbocycles. The smallest absolute Gasteiger partial charge is 0.346 e. The van der Waals surface area contributed by atoms with Gasteiger partial charge in [0.15, 0.2) is 22.3 Å². The number of para-hydroxylation sites is 2. The summed E-state index contributed by atoms with van der Waals surface area (Å²) in [5, 5.41) is 6.72. The first kappa shape index (κ1) is 40.6. The maximum absolute atomic E-state index is 15.4. The Kier molecular flexibility index (Phi) is 9.57. The molecule has 1 saturated carbocycles. The predicted octanol–water partition coefficient (Wildman–Crippen LogP) is 8.71. The van der Waals surface area contributed by atoms with Crippen molar-refractivity contribution >= 4 is 55.5 Å². The minimum Gasteiger partial charge on any atom is -0.346 e. The van der Waals surface area contributed by atoms with Crippen LogP contribution in [0.25, 0.3) is 32.5 Å². The fourth-order valence-electron chi connectivity index (χ4n) is 8.81. The van der Waals surface area contributed by atoms with Gasteiger partial charge >= 0.3 is 6.18 Å². The van der Waals surface area contributed by atoms with E-state index in [4.69, 9.17) is 15.0 Å². The van der Waals surface area contributed by atoms with Crippen molar-refractivity contribution in [2.24, 2.45) is 5.92 Å². The van der Waals surface area contributed by atoms with Crippen molar-refractivity contribution in [3.05, 3.63) is 118 Å². The highest BCUT2D eigenvalue weighted by atomic mass is 32.1. The molecule has 1 amide bonds. The second kappa shape index (κ2) is 14.8. The maximum Gasteiger partial charge on any atom is 0.435 e. The van der Waals surface area contributed by atoms with Crippen LogP contribution < -0.4 is 15.1 Å². The van der Waals surface area contributed by atoms with Crippen molar-refractivity contribution in [2.45, 2.75) is 50.4 Å². The van der Waals surface area contributed by atoms with Crippen molar-refractivity contribution in [3.63, 3.8) is 0 Å². The second-order valence-corrected chi connectivity index (χ2v) is 17.0. The van der Waals surface area contributed by atoms with Crippen LogP contribution >= 0.6 is 11.3 Å². The van der Waals surface area contributed by atoms with E-state index in [9.17, 15) is 35.9 Å². The predicted molar refractivity (Wildman–Crippen MR) is 216 cm³/mol. The summed E-state index contributed by atoms with van der Waals surface area (Å²) in [5.74, 6) is -9.67. The number of anilines is 2. The van der Waals surface area contributed by atoms with E-state index in [1.165, 1.54) is 30.4 Å². The lowest BCUT2D eigenvalue weighted by molar-refractivity contribution is -0.142. The number of pyridine rings is 1. The molecule has 11 nitrogen and oxygen atoms in total. The fourth-order valence-corrected chi connectivity index (χ4v) is 9.81. The molecule has 0 spiro atoms.